The van der Waals surface area contributed by atoms with Crippen molar-refractivity contribution in [1.29, 1.82) is 0 Å². The Morgan fingerprint density at radius 2 is 2.35 bits per heavy atom. The van der Waals surface area contributed by atoms with Gasteiger partial charge in [0, 0.05) is 20.0 Å². The molecule has 1 unspecified atom stereocenters. The summed E-state index contributed by atoms with van der Waals surface area (Å²) >= 11 is 0. The molecule has 2 rings (SSSR count). The molecule has 1 aliphatic rings. The monoisotopic (exact) mass is 239 g/mol. The number of hydrogen-bond acceptors (Lipinski definition) is 5. The number of nitro groups is 1. The van der Waals surface area contributed by atoms with E-state index >= 15 is 0 Å². The number of aryl methyl sites for hydroxylation is 2. The summed E-state index contributed by atoms with van der Waals surface area (Å²) in [5, 5.41) is 20.6. The molecule has 0 aliphatic carbocycles. The third kappa shape index (κ3) is 2.05. The number of nitrogens with one attached hydrogen (secondary N) is 2. The van der Waals surface area contributed by atoms with Crippen LogP contribution < -0.4 is 10.6 Å². The van der Waals surface area contributed by atoms with Gasteiger partial charge in [0.2, 0.25) is 11.7 Å². The number of hydrogen-bond donors (Lipinski definition) is 2. The fourth-order valence-corrected chi connectivity index (χ4v) is 1.93. The van der Waals surface area contributed by atoms with Crippen molar-refractivity contribution in [3.05, 3.63) is 15.8 Å². The molecule has 1 aromatic rings. The van der Waals surface area contributed by atoms with Crippen molar-refractivity contribution in [3.63, 3.8) is 0 Å². The fraction of sp³-hybridized carbons (Fsp3) is 0.556. The first kappa shape index (κ1) is 11.4. The Morgan fingerprint density at radius 1 is 1.65 bits per heavy atom. The quantitative estimate of drug-likeness (QED) is 0.568. The predicted molar refractivity (Wildman–Crippen MR) is 59.6 cm³/mol. The highest BCUT2D eigenvalue weighted by Crippen LogP contribution is 2.28. The van der Waals surface area contributed by atoms with Gasteiger partial charge in [-0.2, -0.15) is 5.10 Å². The SMILES string of the molecule is Cc1nn(C)c(NC2CNC(=O)C2)c1[N+](=O)[O-]. The Morgan fingerprint density at radius 3 is 2.88 bits per heavy atom. The van der Waals surface area contributed by atoms with E-state index in [-0.39, 0.29) is 17.6 Å². The normalized spacial score (nSPS) is 19.2. The molecule has 17 heavy (non-hydrogen) atoms. The minimum absolute atomic E-state index is 0.0353. The molecule has 8 heteroatoms. The average molecular weight is 239 g/mol. The molecule has 0 radical (unpaired) electrons. The molecule has 0 aromatic carbocycles. The summed E-state index contributed by atoms with van der Waals surface area (Å²) in [6.07, 6.45) is 0.321. The lowest BCUT2D eigenvalue weighted by molar-refractivity contribution is -0.384. The van der Waals surface area contributed by atoms with E-state index in [2.05, 4.69) is 15.7 Å². The van der Waals surface area contributed by atoms with Crippen LogP contribution in [0.1, 0.15) is 12.1 Å². The highest BCUT2D eigenvalue weighted by atomic mass is 16.6. The first-order valence-electron chi connectivity index (χ1n) is 5.20. The van der Waals surface area contributed by atoms with Crippen LogP contribution in [0.3, 0.4) is 0 Å². The second-order valence-corrected chi connectivity index (χ2v) is 4.01. The van der Waals surface area contributed by atoms with Crippen molar-refractivity contribution in [2.24, 2.45) is 7.05 Å². The van der Waals surface area contributed by atoms with Crippen LogP contribution >= 0.6 is 0 Å². The van der Waals surface area contributed by atoms with Crippen LogP contribution in [0.2, 0.25) is 0 Å². The summed E-state index contributed by atoms with van der Waals surface area (Å²) in [6, 6.07) is -0.129. The maximum absolute atomic E-state index is 11.0. The largest absolute Gasteiger partial charge is 0.360 e. The average Bonchev–Trinajstić information content (AvgIpc) is 2.72. The van der Waals surface area contributed by atoms with Crippen molar-refractivity contribution >= 4 is 17.4 Å². The zero-order chi connectivity index (χ0) is 12.6. The molecule has 0 saturated carbocycles. The van der Waals surface area contributed by atoms with E-state index in [4.69, 9.17) is 0 Å². The van der Waals surface area contributed by atoms with Gasteiger partial charge in [-0.1, -0.05) is 0 Å². The number of rotatable bonds is 3. The molecule has 1 atom stereocenters. The summed E-state index contributed by atoms with van der Waals surface area (Å²) in [7, 11) is 1.63. The summed E-state index contributed by atoms with van der Waals surface area (Å²) in [5.41, 5.74) is 0.323. The number of anilines is 1. The van der Waals surface area contributed by atoms with Crippen LogP contribution in [-0.4, -0.2) is 33.2 Å². The molecule has 92 valence electrons. The Balaban J connectivity index is 2.25. The number of carbonyl (C=O) groups is 1. The molecule has 2 N–H and O–H groups in total. The van der Waals surface area contributed by atoms with Crippen LogP contribution in [-0.2, 0) is 11.8 Å². The second-order valence-electron chi connectivity index (χ2n) is 4.01. The Labute approximate surface area is 97.1 Å². The van der Waals surface area contributed by atoms with Gasteiger partial charge in [0.25, 0.3) is 0 Å². The van der Waals surface area contributed by atoms with Gasteiger partial charge in [0.05, 0.1) is 11.0 Å². The van der Waals surface area contributed by atoms with Gasteiger partial charge < -0.3 is 10.6 Å². The van der Waals surface area contributed by atoms with Crippen molar-refractivity contribution < 1.29 is 9.72 Å². The van der Waals surface area contributed by atoms with Gasteiger partial charge in [0.15, 0.2) is 0 Å². The highest BCUT2D eigenvalue weighted by Gasteiger charge is 2.28. The fourth-order valence-electron chi connectivity index (χ4n) is 1.93. The van der Waals surface area contributed by atoms with E-state index in [1.54, 1.807) is 14.0 Å². The zero-order valence-corrected chi connectivity index (χ0v) is 9.56. The molecule has 1 fully saturated rings. The molecule has 0 bridgehead atoms. The molecule has 0 spiro atoms. The van der Waals surface area contributed by atoms with Crippen molar-refractivity contribution in [2.45, 2.75) is 19.4 Å². The lowest BCUT2D eigenvalue weighted by Gasteiger charge is -2.10. The smallest absolute Gasteiger partial charge is 0.333 e. The zero-order valence-electron chi connectivity index (χ0n) is 9.56. The minimum Gasteiger partial charge on any atom is -0.360 e. The van der Waals surface area contributed by atoms with Gasteiger partial charge in [-0.25, -0.2) is 4.68 Å². The lowest BCUT2D eigenvalue weighted by Crippen LogP contribution is -2.24. The number of nitrogens with zero attached hydrogens (tertiary/aromatic N) is 3. The van der Waals surface area contributed by atoms with E-state index in [1.807, 2.05) is 0 Å². The van der Waals surface area contributed by atoms with Crippen LogP contribution in [0.15, 0.2) is 0 Å². The minimum atomic E-state index is -0.463. The van der Waals surface area contributed by atoms with E-state index in [9.17, 15) is 14.9 Å². The van der Waals surface area contributed by atoms with Crippen molar-refractivity contribution in [3.8, 4) is 0 Å². The van der Waals surface area contributed by atoms with Crippen LogP contribution in [0.5, 0.6) is 0 Å². The standard InChI is InChI=1S/C9H13N5O3/c1-5-8(14(16)17)9(13(2)12-5)11-6-3-7(15)10-4-6/h6,11H,3-4H2,1-2H3,(H,10,15). The Hall–Kier alpha value is -2.12. The number of amides is 1. The number of aromatic nitrogens is 2. The maximum Gasteiger partial charge on any atom is 0.333 e. The highest BCUT2D eigenvalue weighted by molar-refractivity contribution is 5.80. The van der Waals surface area contributed by atoms with Crippen molar-refractivity contribution in [1.82, 2.24) is 15.1 Å². The van der Waals surface area contributed by atoms with E-state index in [1.165, 1.54) is 4.68 Å². The van der Waals surface area contributed by atoms with E-state index in [0.717, 1.165) is 0 Å². The molecule has 1 saturated heterocycles. The van der Waals surface area contributed by atoms with E-state index in [0.29, 0.717) is 24.5 Å². The van der Waals surface area contributed by atoms with Gasteiger partial charge in [0.1, 0.15) is 5.69 Å². The predicted octanol–water partition coefficient (Wildman–Crippen LogP) is -0.0629. The van der Waals surface area contributed by atoms with Gasteiger partial charge >= 0.3 is 5.69 Å². The Kier molecular flexibility index (Phi) is 2.70. The summed E-state index contributed by atoms with van der Waals surface area (Å²) in [5.74, 6) is 0.290. The van der Waals surface area contributed by atoms with Crippen LogP contribution in [0, 0.1) is 17.0 Å². The van der Waals surface area contributed by atoms with E-state index < -0.39 is 4.92 Å². The number of carbonyl (C=O) groups excluding carboxylic acids is 1. The first-order chi connectivity index (χ1) is 7.99. The molecular weight excluding hydrogens is 226 g/mol. The molecule has 2 heterocycles. The Bertz CT molecular complexity index is 481. The first-order valence-corrected chi connectivity index (χ1v) is 5.20. The van der Waals surface area contributed by atoms with Crippen molar-refractivity contribution in [2.75, 3.05) is 11.9 Å². The van der Waals surface area contributed by atoms with Crippen LogP contribution in [0.25, 0.3) is 0 Å². The van der Waals surface area contributed by atoms with Gasteiger partial charge in [-0.3, -0.25) is 14.9 Å². The maximum atomic E-state index is 11.0. The lowest BCUT2D eigenvalue weighted by atomic mass is 10.2. The topological polar surface area (TPSA) is 102 Å². The summed E-state index contributed by atoms with van der Waals surface area (Å²) in [6.45, 7) is 2.06. The molecule has 1 aliphatic heterocycles. The summed E-state index contributed by atoms with van der Waals surface area (Å²) in [4.78, 5) is 21.5. The summed E-state index contributed by atoms with van der Waals surface area (Å²) < 4.78 is 1.43. The molecule has 8 nitrogen and oxygen atoms in total. The third-order valence-corrected chi connectivity index (χ3v) is 2.69. The molecule has 1 aromatic heterocycles. The second kappa shape index (κ2) is 4.04. The van der Waals surface area contributed by atoms with Crippen LogP contribution in [0.4, 0.5) is 11.5 Å². The van der Waals surface area contributed by atoms with Gasteiger partial charge in [-0.15, -0.1) is 0 Å². The molecule has 1 amide bonds. The molecular formula is C9H13N5O3. The third-order valence-electron chi connectivity index (χ3n) is 2.69. The van der Waals surface area contributed by atoms with Gasteiger partial charge in [-0.05, 0) is 6.92 Å².